The molecular weight excluding hydrogens is 242 g/mol. The first-order valence-corrected chi connectivity index (χ1v) is 7.70. The zero-order valence-electron chi connectivity index (χ0n) is 10.3. The highest BCUT2D eigenvalue weighted by atomic mass is 32.2. The third-order valence-corrected chi connectivity index (χ3v) is 4.65. The quantitative estimate of drug-likeness (QED) is 0.723. The number of carbonyl (C=O) groups is 1. The van der Waals surface area contributed by atoms with Gasteiger partial charge in [0.15, 0.2) is 0 Å². The third kappa shape index (κ3) is 4.63. The maximum Gasteiger partial charge on any atom is 0.321 e. The monoisotopic (exact) mass is 263 g/mol. The number of sulfonamides is 1. The summed E-state index contributed by atoms with van der Waals surface area (Å²) >= 11 is 0. The molecule has 0 unspecified atom stereocenters. The summed E-state index contributed by atoms with van der Waals surface area (Å²) in [5, 5.41) is 8.91. The second-order valence-corrected chi connectivity index (χ2v) is 6.96. The van der Waals surface area contributed by atoms with Gasteiger partial charge in [-0.05, 0) is 18.3 Å². The van der Waals surface area contributed by atoms with Crippen molar-refractivity contribution in [1.82, 2.24) is 4.72 Å². The van der Waals surface area contributed by atoms with E-state index in [4.69, 9.17) is 5.11 Å². The lowest BCUT2D eigenvalue weighted by Crippen LogP contribution is -2.45. The van der Waals surface area contributed by atoms with E-state index in [1.165, 1.54) is 6.42 Å². The summed E-state index contributed by atoms with van der Waals surface area (Å²) in [7, 11) is -3.47. The fourth-order valence-corrected chi connectivity index (χ4v) is 3.35. The summed E-state index contributed by atoms with van der Waals surface area (Å²) in [6, 6.07) is -1.03. The van der Waals surface area contributed by atoms with Gasteiger partial charge in [-0.15, -0.1) is 0 Å². The first kappa shape index (κ1) is 14.4. The molecule has 1 aliphatic carbocycles. The molecule has 1 saturated carbocycles. The van der Waals surface area contributed by atoms with Crippen molar-refractivity contribution in [2.45, 2.75) is 45.6 Å². The molecule has 1 rings (SSSR count). The van der Waals surface area contributed by atoms with E-state index in [1.54, 1.807) is 13.8 Å². The molecule has 0 spiro atoms. The van der Waals surface area contributed by atoms with Crippen LogP contribution in [0.15, 0.2) is 0 Å². The molecular formula is C11H21NO4S. The van der Waals surface area contributed by atoms with Gasteiger partial charge in [0, 0.05) is 0 Å². The van der Waals surface area contributed by atoms with E-state index in [0.29, 0.717) is 12.3 Å². The van der Waals surface area contributed by atoms with Crippen molar-refractivity contribution in [2.24, 2.45) is 11.8 Å². The van der Waals surface area contributed by atoms with Gasteiger partial charge in [0.1, 0.15) is 6.04 Å². The number of carboxylic acids is 1. The average molecular weight is 263 g/mol. The highest BCUT2D eigenvalue weighted by molar-refractivity contribution is 7.89. The molecule has 0 radical (unpaired) electrons. The molecule has 1 fully saturated rings. The Morgan fingerprint density at radius 1 is 1.41 bits per heavy atom. The van der Waals surface area contributed by atoms with E-state index in [2.05, 4.69) is 4.72 Å². The van der Waals surface area contributed by atoms with Crippen LogP contribution in [0.3, 0.4) is 0 Å². The van der Waals surface area contributed by atoms with Crippen molar-refractivity contribution in [3.05, 3.63) is 0 Å². The van der Waals surface area contributed by atoms with Gasteiger partial charge in [-0.3, -0.25) is 4.79 Å². The van der Waals surface area contributed by atoms with Crippen LogP contribution in [0.5, 0.6) is 0 Å². The molecule has 0 aliphatic heterocycles. The van der Waals surface area contributed by atoms with E-state index in [-0.39, 0.29) is 11.7 Å². The molecule has 0 aromatic carbocycles. The molecule has 0 aromatic heterocycles. The lowest BCUT2D eigenvalue weighted by molar-refractivity contribution is -0.140. The van der Waals surface area contributed by atoms with E-state index < -0.39 is 22.0 Å². The van der Waals surface area contributed by atoms with Gasteiger partial charge in [-0.2, -0.15) is 0 Å². The number of rotatable bonds is 7. The standard InChI is InChI=1S/C11H21NO4S/c1-8(2)10(11(13)14)12-17(15,16)7-6-9-4-3-5-9/h8-10,12H,3-7H2,1-2H3,(H,13,14)/t10-/m0/s1. The molecule has 2 N–H and O–H groups in total. The molecule has 100 valence electrons. The first-order chi connectivity index (χ1) is 7.82. The Labute approximate surface area is 103 Å². The minimum absolute atomic E-state index is 0.0359. The molecule has 0 bridgehead atoms. The van der Waals surface area contributed by atoms with Gasteiger partial charge in [-0.1, -0.05) is 33.1 Å². The summed E-state index contributed by atoms with van der Waals surface area (Å²) in [5.74, 6) is -0.833. The molecule has 5 nitrogen and oxygen atoms in total. The Balaban J connectivity index is 2.48. The summed E-state index contributed by atoms with van der Waals surface area (Å²) < 4.78 is 25.7. The van der Waals surface area contributed by atoms with E-state index >= 15 is 0 Å². The molecule has 0 amide bonds. The number of nitrogens with one attached hydrogen (secondary N) is 1. The maximum absolute atomic E-state index is 11.7. The second kappa shape index (κ2) is 5.82. The van der Waals surface area contributed by atoms with Crippen LogP contribution in [0.25, 0.3) is 0 Å². The van der Waals surface area contributed by atoms with Crippen LogP contribution in [-0.4, -0.2) is 31.3 Å². The van der Waals surface area contributed by atoms with E-state index in [1.807, 2.05) is 0 Å². The van der Waals surface area contributed by atoms with Gasteiger partial charge in [0.2, 0.25) is 10.0 Å². The zero-order chi connectivity index (χ0) is 13.1. The van der Waals surface area contributed by atoms with Crippen molar-refractivity contribution in [3.8, 4) is 0 Å². The number of carboxylic acid groups (broad SMARTS) is 1. The van der Waals surface area contributed by atoms with Crippen LogP contribution < -0.4 is 4.72 Å². The molecule has 1 atom stereocenters. The second-order valence-electron chi connectivity index (χ2n) is 5.08. The topological polar surface area (TPSA) is 83.5 Å². The van der Waals surface area contributed by atoms with Crippen LogP contribution >= 0.6 is 0 Å². The zero-order valence-corrected chi connectivity index (χ0v) is 11.2. The van der Waals surface area contributed by atoms with Gasteiger partial charge >= 0.3 is 5.97 Å². The highest BCUT2D eigenvalue weighted by Gasteiger charge is 2.28. The summed E-state index contributed by atoms with van der Waals surface area (Å²) in [6.07, 6.45) is 4.02. The molecule has 0 heterocycles. The number of hydrogen-bond acceptors (Lipinski definition) is 3. The van der Waals surface area contributed by atoms with Crippen LogP contribution in [0.4, 0.5) is 0 Å². The SMILES string of the molecule is CC(C)[C@H](NS(=O)(=O)CCC1CCC1)C(=O)O. The fourth-order valence-electron chi connectivity index (χ4n) is 1.83. The number of hydrogen-bond donors (Lipinski definition) is 2. The summed E-state index contributed by atoms with van der Waals surface area (Å²) in [6.45, 7) is 3.38. The van der Waals surface area contributed by atoms with Crippen LogP contribution in [0.1, 0.15) is 39.5 Å². The van der Waals surface area contributed by atoms with Crippen molar-refractivity contribution in [2.75, 3.05) is 5.75 Å². The van der Waals surface area contributed by atoms with Gasteiger partial charge in [0.25, 0.3) is 0 Å². The van der Waals surface area contributed by atoms with Gasteiger partial charge in [-0.25, -0.2) is 13.1 Å². The molecule has 6 heteroatoms. The Bertz CT molecular complexity index is 360. The third-order valence-electron chi connectivity index (χ3n) is 3.26. The normalized spacial score (nSPS) is 19.0. The van der Waals surface area contributed by atoms with E-state index in [9.17, 15) is 13.2 Å². The smallest absolute Gasteiger partial charge is 0.321 e. The van der Waals surface area contributed by atoms with Crippen molar-refractivity contribution in [3.63, 3.8) is 0 Å². The Hall–Kier alpha value is -0.620. The van der Waals surface area contributed by atoms with E-state index in [0.717, 1.165) is 12.8 Å². The fraction of sp³-hybridized carbons (Fsp3) is 0.909. The van der Waals surface area contributed by atoms with Gasteiger partial charge in [0.05, 0.1) is 5.75 Å². The van der Waals surface area contributed by atoms with Gasteiger partial charge < -0.3 is 5.11 Å². The number of aliphatic carboxylic acids is 1. The Kier molecular flexibility index (Phi) is 4.94. The van der Waals surface area contributed by atoms with Crippen molar-refractivity contribution < 1.29 is 18.3 Å². The predicted molar refractivity (Wildman–Crippen MR) is 65.1 cm³/mol. The predicted octanol–water partition coefficient (Wildman–Crippen LogP) is 1.21. The van der Waals surface area contributed by atoms with Crippen LogP contribution in [0.2, 0.25) is 0 Å². The van der Waals surface area contributed by atoms with Crippen molar-refractivity contribution >= 4 is 16.0 Å². The average Bonchev–Trinajstić information content (AvgIpc) is 2.10. The first-order valence-electron chi connectivity index (χ1n) is 6.04. The van der Waals surface area contributed by atoms with Crippen molar-refractivity contribution in [1.29, 1.82) is 0 Å². The largest absolute Gasteiger partial charge is 0.480 e. The summed E-state index contributed by atoms with van der Waals surface area (Å²) in [4.78, 5) is 10.9. The van der Waals surface area contributed by atoms with Crippen LogP contribution in [0, 0.1) is 11.8 Å². The summed E-state index contributed by atoms with van der Waals surface area (Å²) in [5.41, 5.74) is 0. The minimum atomic E-state index is -3.47. The minimum Gasteiger partial charge on any atom is -0.480 e. The highest BCUT2D eigenvalue weighted by Crippen LogP contribution is 2.29. The molecule has 17 heavy (non-hydrogen) atoms. The maximum atomic E-state index is 11.7. The molecule has 0 saturated heterocycles. The lowest BCUT2D eigenvalue weighted by atomic mass is 9.84. The lowest BCUT2D eigenvalue weighted by Gasteiger charge is -2.25. The Morgan fingerprint density at radius 3 is 2.35 bits per heavy atom. The molecule has 1 aliphatic rings. The molecule has 0 aromatic rings. The van der Waals surface area contributed by atoms with Crippen LogP contribution in [-0.2, 0) is 14.8 Å². The Morgan fingerprint density at radius 2 is 2.00 bits per heavy atom.